The van der Waals surface area contributed by atoms with Gasteiger partial charge in [0, 0.05) is 11.3 Å². The highest BCUT2D eigenvalue weighted by molar-refractivity contribution is 5.83. The molecule has 5 heteroatoms. The molecule has 0 aliphatic carbocycles. The molecule has 0 bridgehead atoms. The van der Waals surface area contributed by atoms with Gasteiger partial charge < -0.3 is 10.4 Å². The van der Waals surface area contributed by atoms with Crippen LogP contribution in [0.5, 0.6) is 5.75 Å². The van der Waals surface area contributed by atoms with Crippen LogP contribution in [0.3, 0.4) is 0 Å². The monoisotopic (exact) mass is 341 g/mol. The lowest BCUT2D eigenvalue weighted by Gasteiger charge is -2.31. The summed E-state index contributed by atoms with van der Waals surface area (Å²) < 4.78 is 1.67. The summed E-state index contributed by atoms with van der Waals surface area (Å²) in [6, 6.07) is 22.1. The van der Waals surface area contributed by atoms with E-state index >= 15 is 0 Å². The van der Waals surface area contributed by atoms with Gasteiger partial charge in [-0.05, 0) is 42.0 Å². The van der Waals surface area contributed by atoms with Crippen LogP contribution in [0.2, 0.25) is 0 Å². The first-order chi connectivity index (χ1) is 12.7. The molecule has 0 radical (unpaired) electrons. The Hall–Kier alpha value is -3.60. The molecule has 1 atom stereocenters. The predicted octanol–water partition coefficient (Wildman–Crippen LogP) is 3.74. The molecule has 0 amide bonds. The highest BCUT2D eigenvalue weighted by atomic mass is 16.3. The van der Waals surface area contributed by atoms with Gasteiger partial charge in [-0.3, -0.25) is 9.36 Å². The molecule has 1 unspecified atom stereocenters. The summed E-state index contributed by atoms with van der Waals surface area (Å²) in [5, 5.41) is 13.9. The standard InChI is InChI=1S/C21H15N3O2/c25-14-7-5-6-13(12-14)19-22-17-10-3-1-8-15(17)20-23-18-11-4-2-9-16(18)21(26)24(19)20/h1-12,19,22,25H. The van der Waals surface area contributed by atoms with E-state index in [1.54, 1.807) is 28.8 Å². The Labute approximate surface area is 149 Å². The van der Waals surface area contributed by atoms with Crippen LogP contribution in [0.25, 0.3) is 22.3 Å². The number of anilines is 1. The summed E-state index contributed by atoms with van der Waals surface area (Å²) in [5.41, 5.74) is 3.14. The molecule has 26 heavy (non-hydrogen) atoms. The highest BCUT2D eigenvalue weighted by Crippen LogP contribution is 2.37. The van der Waals surface area contributed by atoms with Crippen molar-refractivity contribution in [2.75, 3.05) is 5.32 Å². The molecule has 1 aromatic heterocycles. The van der Waals surface area contributed by atoms with Gasteiger partial charge in [-0.1, -0.05) is 36.4 Å². The van der Waals surface area contributed by atoms with Gasteiger partial charge in [0.1, 0.15) is 17.7 Å². The summed E-state index contributed by atoms with van der Waals surface area (Å²) in [6.07, 6.45) is -0.448. The van der Waals surface area contributed by atoms with Gasteiger partial charge in [0.05, 0.1) is 10.9 Å². The Bertz CT molecular complexity index is 1210. The zero-order chi connectivity index (χ0) is 17.7. The number of benzene rings is 3. The van der Waals surface area contributed by atoms with Crippen LogP contribution in [-0.4, -0.2) is 14.7 Å². The number of nitrogens with zero attached hydrogens (tertiary/aromatic N) is 2. The van der Waals surface area contributed by atoms with Gasteiger partial charge in [0.2, 0.25) is 0 Å². The number of hydrogen-bond acceptors (Lipinski definition) is 4. The quantitative estimate of drug-likeness (QED) is 0.553. The van der Waals surface area contributed by atoms with Crippen molar-refractivity contribution in [2.24, 2.45) is 0 Å². The van der Waals surface area contributed by atoms with Crippen molar-refractivity contribution < 1.29 is 5.11 Å². The summed E-state index contributed by atoms with van der Waals surface area (Å²) in [6.45, 7) is 0. The molecule has 2 N–H and O–H groups in total. The third-order valence-corrected chi connectivity index (χ3v) is 4.71. The van der Waals surface area contributed by atoms with Crippen LogP contribution in [0.1, 0.15) is 11.7 Å². The summed E-state index contributed by atoms with van der Waals surface area (Å²) in [4.78, 5) is 18.0. The Kier molecular flexibility index (Phi) is 3.09. The molecule has 1 aliphatic rings. The molecule has 1 aliphatic heterocycles. The number of rotatable bonds is 1. The molecule has 4 aromatic rings. The molecule has 5 rings (SSSR count). The molecule has 2 heterocycles. The summed E-state index contributed by atoms with van der Waals surface area (Å²) in [7, 11) is 0. The Morgan fingerprint density at radius 3 is 2.65 bits per heavy atom. The van der Waals surface area contributed by atoms with Gasteiger partial charge in [-0.2, -0.15) is 0 Å². The zero-order valence-electron chi connectivity index (χ0n) is 13.8. The first-order valence-electron chi connectivity index (χ1n) is 8.38. The van der Waals surface area contributed by atoms with Crippen LogP contribution in [0.4, 0.5) is 5.69 Å². The third kappa shape index (κ3) is 2.10. The first kappa shape index (κ1) is 14.7. The molecule has 0 saturated heterocycles. The molecule has 3 aromatic carbocycles. The van der Waals surface area contributed by atoms with Crippen molar-refractivity contribution in [3.8, 4) is 17.1 Å². The van der Waals surface area contributed by atoms with E-state index in [0.29, 0.717) is 16.7 Å². The van der Waals surface area contributed by atoms with Crippen LogP contribution in [0, 0.1) is 0 Å². The van der Waals surface area contributed by atoms with E-state index in [9.17, 15) is 9.90 Å². The van der Waals surface area contributed by atoms with Crippen molar-refractivity contribution in [3.63, 3.8) is 0 Å². The fourth-order valence-corrected chi connectivity index (χ4v) is 3.52. The van der Waals surface area contributed by atoms with Crippen molar-refractivity contribution in [1.82, 2.24) is 9.55 Å². The number of phenolic OH excluding ortho intramolecular Hbond substituents is 1. The van der Waals surface area contributed by atoms with E-state index in [0.717, 1.165) is 16.8 Å². The number of aromatic nitrogens is 2. The van der Waals surface area contributed by atoms with Crippen LogP contribution in [-0.2, 0) is 0 Å². The largest absolute Gasteiger partial charge is 0.508 e. The van der Waals surface area contributed by atoms with Crippen molar-refractivity contribution in [3.05, 3.63) is 88.7 Å². The molecular formula is C21H15N3O2. The lowest BCUT2D eigenvalue weighted by Crippen LogP contribution is -2.35. The maximum atomic E-state index is 13.3. The number of fused-ring (bicyclic) bond motifs is 4. The fourth-order valence-electron chi connectivity index (χ4n) is 3.52. The molecule has 0 spiro atoms. The lowest BCUT2D eigenvalue weighted by molar-refractivity contribution is 0.473. The summed E-state index contributed by atoms with van der Waals surface area (Å²) >= 11 is 0. The average molecular weight is 341 g/mol. The minimum Gasteiger partial charge on any atom is -0.508 e. The van der Waals surface area contributed by atoms with Gasteiger partial charge in [0.25, 0.3) is 5.56 Å². The first-order valence-corrected chi connectivity index (χ1v) is 8.38. The number of hydrogen-bond donors (Lipinski definition) is 2. The molecule has 0 fully saturated rings. The van der Waals surface area contributed by atoms with Crippen molar-refractivity contribution in [2.45, 2.75) is 6.17 Å². The minimum atomic E-state index is -0.448. The zero-order valence-corrected chi connectivity index (χ0v) is 13.8. The van der Waals surface area contributed by atoms with Gasteiger partial charge >= 0.3 is 0 Å². The Morgan fingerprint density at radius 2 is 1.77 bits per heavy atom. The van der Waals surface area contributed by atoms with E-state index < -0.39 is 6.17 Å². The predicted molar refractivity (Wildman–Crippen MR) is 101 cm³/mol. The van der Waals surface area contributed by atoms with E-state index in [2.05, 4.69) is 5.32 Å². The van der Waals surface area contributed by atoms with Crippen LogP contribution in [0.15, 0.2) is 77.6 Å². The second-order valence-electron chi connectivity index (χ2n) is 6.32. The SMILES string of the molecule is O=c1c2ccccc2nc2n1C(c1cccc(O)c1)Nc1ccccc1-2. The van der Waals surface area contributed by atoms with Gasteiger partial charge in [-0.15, -0.1) is 0 Å². The molecule has 126 valence electrons. The molecular weight excluding hydrogens is 326 g/mol. The number of para-hydroxylation sites is 2. The minimum absolute atomic E-state index is 0.110. The van der Waals surface area contributed by atoms with Crippen molar-refractivity contribution >= 4 is 16.6 Å². The van der Waals surface area contributed by atoms with E-state index in [4.69, 9.17) is 4.98 Å². The topological polar surface area (TPSA) is 67.2 Å². The van der Waals surface area contributed by atoms with E-state index in [-0.39, 0.29) is 11.3 Å². The second-order valence-corrected chi connectivity index (χ2v) is 6.32. The average Bonchev–Trinajstić information content (AvgIpc) is 2.67. The maximum Gasteiger partial charge on any atom is 0.263 e. The second kappa shape index (κ2) is 5.46. The Morgan fingerprint density at radius 1 is 0.962 bits per heavy atom. The number of aromatic hydroxyl groups is 1. The molecule has 5 nitrogen and oxygen atoms in total. The van der Waals surface area contributed by atoms with E-state index in [1.807, 2.05) is 48.5 Å². The van der Waals surface area contributed by atoms with Gasteiger partial charge in [-0.25, -0.2) is 4.98 Å². The smallest absolute Gasteiger partial charge is 0.263 e. The Balaban J connectivity index is 1.88. The third-order valence-electron chi connectivity index (χ3n) is 4.71. The normalized spacial score (nSPS) is 15.2. The summed E-state index contributed by atoms with van der Waals surface area (Å²) in [5.74, 6) is 0.780. The number of phenols is 1. The van der Waals surface area contributed by atoms with E-state index in [1.165, 1.54) is 0 Å². The molecule has 0 saturated carbocycles. The fraction of sp³-hybridized carbons (Fsp3) is 0.0476. The highest BCUT2D eigenvalue weighted by Gasteiger charge is 2.28. The maximum absolute atomic E-state index is 13.3. The van der Waals surface area contributed by atoms with Crippen LogP contribution < -0.4 is 10.9 Å². The van der Waals surface area contributed by atoms with Gasteiger partial charge in [0.15, 0.2) is 0 Å². The lowest BCUT2D eigenvalue weighted by atomic mass is 10.0. The van der Waals surface area contributed by atoms with Crippen molar-refractivity contribution in [1.29, 1.82) is 0 Å². The van der Waals surface area contributed by atoms with Crippen LogP contribution >= 0.6 is 0 Å². The number of nitrogens with one attached hydrogen (secondary N) is 1.